The van der Waals surface area contributed by atoms with Crippen molar-refractivity contribution < 1.29 is 0 Å². The molecule has 1 aromatic heterocycles. The average Bonchev–Trinajstić information content (AvgIpc) is 3.27. The summed E-state index contributed by atoms with van der Waals surface area (Å²) >= 11 is 3.61. The van der Waals surface area contributed by atoms with E-state index >= 15 is 0 Å². The number of benzene rings is 1. The molecule has 0 spiro atoms. The Kier molecular flexibility index (Phi) is 3.74. The molecule has 1 saturated carbocycles. The van der Waals surface area contributed by atoms with Crippen LogP contribution in [-0.2, 0) is 5.33 Å². The highest BCUT2D eigenvalue weighted by Crippen LogP contribution is 2.33. The predicted octanol–water partition coefficient (Wildman–Crippen LogP) is 4.37. The minimum absolute atomic E-state index is 0.862. The minimum Gasteiger partial charge on any atom is -0.356 e. The van der Waals surface area contributed by atoms with Crippen LogP contribution in [0.5, 0.6) is 0 Å². The molecule has 1 aliphatic carbocycles. The Morgan fingerprint density at radius 1 is 1.32 bits per heavy atom. The van der Waals surface area contributed by atoms with Crippen molar-refractivity contribution >= 4 is 32.7 Å². The van der Waals surface area contributed by atoms with Gasteiger partial charge in [0.15, 0.2) is 0 Å². The maximum atomic E-state index is 4.89. The molecule has 0 saturated heterocycles. The molecule has 0 bridgehead atoms. The second-order valence-electron chi connectivity index (χ2n) is 5.28. The monoisotopic (exact) mass is 318 g/mol. The van der Waals surface area contributed by atoms with Crippen LogP contribution in [0.4, 0.5) is 5.82 Å². The first-order valence-electron chi connectivity index (χ1n) is 7.01. The second kappa shape index (κ2) is 5.49. The largest absolute Gasteiger partial charge is 0.356 e. The van der Waals surface area contributed by atoms with Gasteiger partial charge in [-0.05, 0) is 37.8 Å². The summed E-state index contributed by atoms with van der Waals surface area (Å²) in [5.74, 6) is 2.04. The standard InChI is InChI=1S/C16H19BrN2/c1-2-19(11-12-7-8-12)16-14(10-17)9-13-5-3-4-6-15(13)18-16/h3-6,9,12H,2,7-8,10-11H2,1H3. The molecule has 1 aliphatic rings. The smallest absolute Gasteiger partial charge is 0.133 e. The lowest BCUT2D eigenvalue weighted by atomic mass is 10.1. The Labute approximate surface area is 123 Å². The van der Waals surface area contributed by atoms with E-state index in [0.29, 0.717) is 0 Å². The van der Waals surface area contributed by atoms with Crippen LogP contribution in [0, 0.1) is 5.92 Å². The molecule has 0 radical (unpaired) electrons. The number of nitrogens with zero attached hydrogens (tertiary/aromatic N) is 2. The quantitative estimate of drug-likeness (QED) is 0.761. The van der Waals surface area contributed by atoms with Gasteiger partial charge in [0.25, 0.3) is 0 Å². The zero-order valence-electron chi connectivity index (χ0n) is 11.3. The summed E-state index contributed by atoms with van der Waals surface area (Å²) in [7, 11) is 0. The number of fused-ring (bicyclic) bond motifs is 1. The Balaban J connectivity index is 2.03. The Morgan fingerprint density at radius 2 is 2.11 bits per heavy atom. The first-order chi connectivity index (χ1) is 9.31. The van der Waals surface area contributed by atoms with E-state index in [1.54, 1.807) is 0 Å². The van der Waals surface area contributed by atoms with Gasteiger partial charge in [0.2, 0.25) is 0 Å². The normalized spacial score (nSPS) is 14.8. The zero-order valence-corrected chi connectivity index (χ0v) is 12.9. The predicted molar refractivity (Wildman–Crippen MR) is 85.0 cm³/mol. The number of anilines is 1. The van der Waals surface area contributed by atoms with Crippen molar-refractivity contribution in [2.75, 3.05) is 18.0 Å². The number of aromatic nitrogens is 1. The van der Waals surface area contributed by atoms with Gasteiger partial charge in [-0.1, -0.05) is 34.1 Å². The number of para-hydroxylation sites is 1. The van der Waals surface area contributed by atoms with E-state index < -0.39 is 0 Å². The van der Waals surface area contributed by atoms with Gasteiger partial charge in [-0.15, -0.1) is 0 Å². The van der Waals surface area contributed by atoms with Crippen LogP contribution in [0.1, 0.15) is 25.3 Å². The summed E-state index contributed by atoms with van der Waals surface area (Å²) in [6.07, 6.45) is 2.77. The minimum atomic E-state index is 0.862. The fourth-order valence-electron chi connectivity index (χ4n) is 2.50. The van der Waals surface area contributed by atoms with E-state index in [2.05, 4.69) is 58.1 Å². The molecule has 0 atom stereocenters. The molecule has 19 heavy (non-hydrogen) atoms. The molecule has 1 fully saturated rings. The Hall–Kier alpha value is -1.09. The van der Waals surface area contributed by atoms with Crippen molar-refractivity contribution in [2.24, 2.45) is 5.92 Å². The maximum Gasteiger partial charge on any atom is 0.133 e. The van der Waals surface area contributed by atoms with Crippen LogP contribution in [0.2, 0.25) is 0 Å². The average molecular weight is 319 g/mol. The van der Waals surface area contributed by atoms with Crippen LogP contribution >= 0.6 is 15.9 Å². The highest BCUT2D eigenvalue weighted by molar-refractivity contribution is 9.08. The van der Waals surface area contributed by atoms with Gasteiger partial charge in [0.1, 0.15) is 5.82 Å². The van der Waals surface area contributed by atoms with Gasteiger partial charge in [0, 0.05) is 29.4 Å². The summed E-state index contributed by atoms with van der Waals surface area (Å²) in [5.41, 5.74) is 2.39. The van der Waals surface area contributed by atoms with Crippen molar-refractivity contribution in [3.8, 4) is 0 Å². The third-order valence-electron chi connectivity index (χ3n) is 3.78. The lowest BCUT2D eigenvalue weighted by Gasteiger charge is -2.24. The maximum absolute atomic E-state index is 4.89. The van der Waals surface area contributed by atoms with E-state index in [1.165, 1.54) is 23.8 Å². The van der Waals surface area contributed by atoms with Crippen LogP contribution < -0.4 is 4.90 Å². The summed E-state index contributed by atoms with van der Waals surface area (Å²) in [6.45, 7) is 4.40. The second-order valence-corrected chi connectivity index (χ2v) is 5.84. The van der Waals surface area contributed by atoms with Gasteiger partial charge in [0.05, 0.1) is 5.52 Å². The summed E-state index contributed by atoms with van der Waals surface area (Å²) in [5, 5.41) is 2.09. The number of rotatable bonds is 5. The molecule has 0 unspecified atom stereocenters. The van der Waals surface area contributed by atoms with Crippen molar-refractivity contribution in [3.63, 3.8) is 0 Å². The molecule has 0 amide bonds. The number of pyridine rings is 1. The molecule has 1 aromatic carbocycles. The van der Waals surface area contributed by atoms with Gasteiger partial charge in [-0.25, -0.2) is 4.98 Å². The molecule has 3 rings (SSSR count). The van der Waals surface area contributed by atoms with Gasteiger partial charge < -0.3 is 4.90 Å². The molecule has 0 aliphatic heterocycles. The number of halogens is 1. The number of hydrogen-bond donors (Lipinski definition) is 0. The van der Waals surface area contributed by atoms with Crippen LogP contribution in [0.15, 0.2) is 30.3 Å². The van der Waals surface area contributed by atoms with Gasteiger partial charge in [-0.3, -0.25) is 0 Å². The Morgan fingerprint density at radius 3 is 2.79 bits per heavy atom. The summed E-state index contributed by atoms with van der Waals surface area (Å²) in [4.78, 5) is 7.33. The molecule has 100 valence electrons. The van der Waals surface area contributed by atoms with E-state index in [4.69, 9.17) is 4.98 Å². The van der Waals surface area contributed by atoms with Crippen LogP contribution in [0.3, 0.4) is 0 Å². The van der Waals surface area contributed by atoms with Crippen LogP contribution in [-0.4, -0.2) is 18.1 Å². The van der Waals surface area contributed by atoms with Crippen LogP contribution in [0.25, 0.3) is 10.9 Å². The molecule has 0 N–H and O–H groups in total. The van der Waals surface area contributed by atoms with E-state index in [0.717, 1.165) is 35.7 Å². The molecular formula is C16H19BrN2. The highest BCUT2D eigenvalue weighted by Gasteiger charge is 2.25. The third-order valence-corrected chi connectivity index (χ3v) is 4.38. The topological polar surface area (TPSA) is 16.1 Å². The van der Waals surface area contributed by atoms with E-state index in [1.807, 2.05) is 0 Å². The van der Waals surface area contributed by atoms with Crippen molar-refractivity contribution in [1.29, 1.82) is 0 Å². The van der Waals surface area contributed by atoms with Crippen molar-refractivity contribution in [2.45, 2.75) is 25.1 Å². The van der Waals surface area contributed by atoms with Gasteiger partial charge >= 0.3 is 0 Å². The lowest BCUT2D eigenvalue weighted by molar-refractivity contribution is 0.731. The molecule has 2 nitrogen and oxygen atoms in total. The fourth-order valence-corrected chi connectivity index (χ4v) is 2.91. The summed E-state index contributed by atoms with van der Waals surface area (Å²) < 4.78 is 0. The van der Waals surface area contributed by atoms with E-state index in [-0.39, 0.29) is 0 Å². The van der Waals surface area contributed by atoms with Crippen molar-refractivity contribution in [3.05, 3.63) is 35.9 Å². The fraction of sp³-hybridized carbons (Fsp3) is 0.438. The number of alkyl halides is 1. The third kappa shape index (κ3) is 2.76. The van der Waals surface area contributed by atoms with E-state index in [9.17, 15) is 0 Å². The summed E-state index contributed by atoms with van der Waals surface area (Å²) in [6, 6.07) is 10.6. The van der Waals surface area contributed by atoms with Gasteiger partial charge in [-0.2, -0.15) is 0 Å². The zero-order chi connectivity index (χ0) is 13.2. The lowest BCUT2D eigenvalue weighted by Crippen LogP contribution is -2.27. The van der Waals surface area contributed by atoms with Crippen molar-refractivity contribution in [1.82, 2.24) is 4.98 Å². The first-order valence-corrected chi connectivity index (χ1v) is 8.13. The Bertz CT molecular complexity index is 578. The SMILES string of the molecule is CCN(CC1CC1)c1nc2ccccc2cc1CBr. The first kappa shape index (κ1) is 12.9. The highest BCUT2D eigenvalue weighted by atomic mass is 79.9. The number of hydrogen-bond acceptors (Lipinski definition) is 2. The molecule has 1 heterocycles. The molecule has 2 aromatic rings. The molecular weight excluding hydrogens is 300 g/mol. The molecule has 3 heteroatoms.